The zero-order valence-corrected chi connectivity index (χ0v) is 32.7. The number of benzene rings is 5. The van der Waals surface area contributed by atoms with Gasteiger partial charge in [-0.2, -0.15) is 0 Å². The standard InChI is InChI=1S/C50H48O8/c1-50(58-32-44-29-55-44)21-19-36(20-22-50)39-14-18-48(57-31-43-28-54-43)46(24-39)49(37-9-7-34(8-10-37)33-5-3-2-4-6-33)45-23-38(13-17-47(45)56-30-42-27-53-42)35-11-15-40(16-12-35)51-25-41-26-52-41/h2-21,23-24,41-44,49H,22,25-32H2,1H3. The van der Waals surface area contributed by atoms with Crippen LogP contribution in [0.4, 0.5) is 0 Å². The van der Waals surface area contributed by atoms with Gasteiger partial charge >= 0.3 is 0 Å². The Morgan fingerprint density at radius 3 is 1.64 bits per heavy atom. The third kappa shape index (κ3) is 9.07. The molecular weight excluding hydrogens is 729 g/mol. The largest absolute Gasteiger partial charge is 0.491 e. The van der Waals surface area contributed by atoms with Gasteiger partial charge in [0.15, 0.2) is 0 Å². The van der Waals surface area contributed by atoms with E-state index in [2.05, 4.69) is 122 Å². The van der Waals surface area contributed by atoms with Gasteiger partial charge in [-0.05, 0) is 88.7 Å². The van der Waals surface area contributed by atoms with Crippen LogP contribution >= 0.6 is 0 Å². The highest BCUT2D eigenvalue weighted by molar-refractivity contribution is 5.77. The lowest BCUT2D eigenvalue weighted by Crippen LogP contribution is -2.28. The van der Waals surface area contributed by atoms with Crippen molar-refractivity contribution >= 4 is 5.57 Å². The topological polar surface area (TPSA) is 87.0 Å². The molecule has 0 bridgehead atoms. The van der Waals surface area contributed by atoms with E-state index in [1.807, 2.05) is 18.2 Å². The Balaban J connectivity index is 1.07. The van der Waals surface area contributed by atoms with Crippen LogP contribution in [0, 0.1) is 0 Å². The molecule has 4 aliphatic heterocycles. The molecule has 0 spiro atoms. The van der Waals surface area contributed by atoms with Gasteiger partial charge in [-0.3, -0.25) is 0 Å². The maximum atomic E-state index is 6.66. The third-order valence-corrected chi connectivity index (χ3v) is 11.4. The van der Waals surface area contributed by atoms with Gasteiger partial charge in [0.1, 0.15) is 61.5 Å². The lowest BCUT2D eigenvalue weighted by atomic mass is 9.81. The fourth-order valence-electron chi connectivity index (χ4n) is 7.47. The molecule has 8 nitrogen and oxygen atoms in total. The molecule has 296 valence electrons. The van der Waals surface area contributed by atoms with Crippen molar-refractivity contribution in [3.8, 4) is 39.5 Å². The Labute approximate surface area is 339 Å². The molecule has 58 heavy (non-hydrogen) atoms. The highest BCUT2D eigenvalue weighted by Gasteiger charge is 2.32. The van der Waals surface area contributed by atoms with Crippen LogP contribution in [0.5, 0.6) is 17.2 Å². The van der Waals surface area contributed by atoms with Gasteiger partial charge in [0, 0.05) is 17.0 Å². The zero-order valence-electron chi connectivity index (χ0n) is 32.7. The average Bonchev–Trinajstić information content (AvgIpc) is 4.06. The minimum Gasteiger partial charge on any atom is -0.491 e. The van der Waals surface area contributed by atoms with Crippen molar-refractivity contribution in [2.24, 2.45) is 0 Å². The first-order chi connectivity index (χ1) is 28.5. The molecule has 0 radical (unpaired) electrons. The predicted octanol–water partition coefficient (Wildman–Crippen LogP) is 9.05. The van der Waals surface area contributed by atoms with Crippen molar-refractivity contribution in [2.45, 2.75) is 49.3 Å². The lowest BCUT2D eigenvalue weighted by Gasteiger charge is -2.29. The molecular formula is C50H48O8. The second-order valence-corrected chi connectivity index (χ2v) is 16.0. The van der Waals surface area contributed by atoms with E-state index in [4.69, 9.17) is 37.9 Å². The van der Waals surface area contributed by atoms with Gasteiger partial charge in [-0.1, -0.05) is 97.1 Å². The van der Waals surface area contributed by atoms with Crippen LogP contribution in [0.3, 0.4) is 0 Å². The molecule has 6 atom stereocenters. The molecule has 0 N–H and O–H groups in total. The minimum absolute atomic E-state index is 0.0990. The highest BCUT2D eigenvalue weighted by Crippen LogP contribution is 2.45. The summed E-state index contributed by atoms with van der Waals surface area (Å²) >= 11 is 0. The van der Waals surface area contributed by atoms with Crippen LogP contribution in [-0.2, 0) is 23.7 Å². The number of rotatable bonds is 18. The van der Waals surface area contributed by atoms with E-state index in [-0.39, 0.29) is 35.9 Å². The Bertz CT molecular complexity index is 2270. The SMILES string of the molecule is CC1(OCC2CO2)C=CC(c2ccc(OCC3CO3)c(C(c3ccc(-c4ccccc4)cc3)c3cc(-c4ccc(OCC5CO5)cc4)ccc3OCC3CO3)c2)=CC1. The Morgan fingerprint density at radius 1 is 0.552 bits per heavy atom. The van der Waals surface area contributed by atoms with E-state index in [9.17, 15) is 0 Å². The number of allylic oxidation sites excluding steroid dienone is 2. The minimum atomic E-state index is -0.372. The van der Waals surface area contributed by atoms with Gasteiger partial charge in [0.2, 0.25) is 0 Å². The van der Waals surface area contributed by atoms with Gasteiger partial charge in [-0.15, -0.1) is 0 Å². The normalized spacial score (nSPS) is 24.4. The number of ether oxygens (including phenoxy) is 8. The molecule has 1 aliphatic carbocycles. The first kappa shape index (κ1) is 37.1. The van der Waals surface area contributed by atoms with Crippen LogP contribution in [0.25, 0.3) is 27.8 Å². The summed E-state index contributed by atoms with van der Waals surface area (Å²) in [5.41, 5.74) is 9.57. The summed E-state index contributed by atoms with van der Waals surface area (Å²) in [5.74, 6) is 2.20. The smallest absolute Gasteiger partial charge is 0.123 e. The Morgan fingerprint density at radius 2 is 1.05 bits per heavy atom. The quantitative estimate of drug-likeness (QED) is 0.0644. The summed E-state index contributed by atoms with van der Waals surface area (Å²) in [5, 5.41) is 0. The summed E-state index contributed by atoms with van der Waals surface area (Å²) in [6.45, 7) is 7.26. The molecule has 5 aromatic carbocycles. The van der Waals surface area contributed by atoms with Crippen molar-refractivity contribution in [1.82, 2.24) is 0 Å². The molecule has 0 aromatic heterocycles. The van der Waals surface area contributed by atoms with E-state index < -0.39 is 0 Å². The second-order valence-electron chi connectivity index (χ2n) is 16.0. The number of hydrogen-bond donors (Lipinski definition) is 0. The monoisotopic (exact) mass is 776 g/mol. The molecule has 10 rings (SSSR count). The zero-order chi connectivity index (χ0) is 38.9. The van der Waals surface area contributed by atoms with Crippen molar-refractivity contribution in [1.29, 1.82) is 0 Å². The van der Waals surface area contributed by atoms with Crippen LogP contribution < -0.4 is 14.2 Å². The van der Waals surface area contributed by atoms with Crippen LogP contribution in [0.1, 0.15) is 41.5 Å². The lowest BCUT2D eigenvalue weighted by molar-refractivity contribution is -0.000873. The van der Waals surface area contributed by atoms with E-state index in [1.165, 1.54) is 5.56 Å². The highest BCUT2D eigenvalue weighted by atomic mass is 16.6. The maximum Gasteiger partial charge on any atom is 0.123 e. The Kier molecular flexibility index (Phi) is 10.4. The predicted molar refractivity (Wildman–Crippen MR) is 223 cm³/mol. The van der Waals surface area contributed by atoms with Gasteiger partial charge in [0.25, 0.3) is 0 Å². The van der Waals surface area contributed by atoms with Crippen LogP contribution in [0.15, 0.2) is 133 Å². The summed E-state index contributed by atoms with van der Waals surface area (Å²) < 4.78 is 47.5. The van der Waals surface area contributed by atoms with E-state index >= 15 is 0 Å². The first-order valence-electron chi connectivity index (χ1n) is 20.4. The summed E-state index contributed by atoms with van der Waals surface area (Å²) in [4.78, 5) is 0. The van der Waals surface area contributed by atoms with E-state index in [0.29, 0.717) is 39.6 Å². The van der Waals surface area contributed by atoms with Crippen molar-refractivity contribution in [3.63, 3.8) is 0 Å². The molecule has 8 heteroatoms. The van der Waals surface area contributed by atoms with Crippen molar-refractivity contribution in [3.05, 3.63) is 156 Å². The molecule has 4 saturated heterocycles. The van der Waals surface area contributed by atoms with E-state index in [0.717, 1.165) is 81.4 Å². The molecule has 4 heterocycles. The fraction of sp³-hybridized carbons (Fsp3) is 0.320. The first-order valence-corrected chi connectivity index (χ1v) is 20.4. The summed E-state index contributed by atoms with van der Waals surface area (Å²) in [6.07, 6.45) is 8.04. The van der Waals surface area contributed by atoms with Crippen molar-refractivity contribution < 1.29 is 37.9 Å². The van der Waals surface area contributed by atoms with Crippen molar-refractivity contribution in [2.75, 3.05) is 52.9 Å². The van der Waals surface area contributed by atoms with Crippen LogP contribution in [0.2, 0.25) is 0 Å². The maximum absolute atomic E-state index is 6.66. The molecule has 0 saturated carbocycles. The molecule has 0 amide bonds. The number of hydrogen-bond acceptors (Lipinski definition) is 8. The summed E-state index contributed by atoms with van der Waals surface area (Å²) in [6, 6.07) is 40.8. The summed E-state index contributed by atoms with van der Waals surface area (Å²) in [7, 11) is 0. The van der Waals surface area contributed by atoms with Crippen LogP contribution in [-0.4, -0.2) is 82.9 Å². The Hall–Kier alpha value is -5.22. The second kappa shape index (κ2) is 16.2. The molecule has 6 unspecified atom stereocenters. The van der Waals surface area contributed by atoms with Gasteiger partial charge in [-0.25, -0.2) is 0 Å². The van der Waals surface area contributed by atoms with Gasteiger partial charge < -0.3 is 37.9 Å². The molecule has 4 fully saturated rings. The number of epoxide rings is 4. The molecule has 5 aromatic rings. The van der Waals surface area contributed by atoms with E-state index in [1.54, 1.807) is 0 Å². The third-order valence-electron chi connectivity index (χ3n) is 11.4. The van der Waals surface area contributed by atoms with Gasteiger partial charge in [0.05, 0.1) is 38.6 Å². The fourth-order valence-corrected chi connectivity index (χ4v) is 7.47. The molecule has 5 aliphatic rings. The average molecular weight is 777 g/mol.